The number of aromatic nitrogens is 3. The topological polar surface area (TPSA) is 51.8 Å². The summed E-state index contributed by atoms with van der Waals surface area (Å²) in [7, 11) is 0. The van der Waals surface area contributed by atoms with Crippen molar-refractivity contribution in [2.24, 2.45) is 0 Å². The summed E-state index contributed by atoms with van der Waals surface area (Å²) in [5.41, 5.74) is 8.00. The monoisotopic (exact) mass is 653 g/mol. The molecular formula is C47H31N3O. The van der Waals surface area contributed by atoms with Crippen LogP contribution in [0.5, 0.6) is 0 Å². The second kappa shape index (κ2) is 12.0. The summed E-state index contributed by atoms with van der Waals surface area (Å²) in [6, 6.07) is 52.7. The second-order valence-electron chi connectivity index (χ2n) is 13.2. The Morgan fingerprint density at radius 1 is 0.510 bits per heavy atom. The standard InChI is InChI=1S/C47H31N3O/c1-3-12-33(13-4-1)45-48-46(34-14-5-2-6-15-34)50-47(49-45)40-26-25-39(44-43(40)41-28-36-17-9-10-18-37(36)29-42(41)51-44)32-22-19-31(20-23-32)38-24-21-30-11-7-8-16-35(30)27-38/h1-19,21-29,31H,20H2. The Morgan fingerprint density at radius 3 is 1.76 bits per heavy atom. The van der Waals surface area contributed by atoms with E-state index in [0.717, 1.165) is 67.0 Å². The van der Waals surface area contributed by atoms with Crippen molar-refractivity contribution in [2.45, 2.75) is 12.3 Å². The third-order valence-corrected chi connectivity index (χ3v) is 10.0. The number of nitrogens with zero attached hydrogens (tertiary/aromatic N) is 3. The van der Waals surface area contributed by atoms with Crippen LogP contribution in [0.1, 0.15) is 23.5 Å². The first-order valence-electron chi connectivity index (χ1n) is 17.4. The van der Waals surface area contributed by atoms with Crippen molar-refractivity contribution < 1.29 is 4.42 Å². The van der Waals surface area contributed by atoms with E-state index in [1.807, 2.05) is 60.7 Å². The van der Waals surface area contributed by atoms with Crippen molar-refractivity contribution in [1.82, 2.24) is 15.0 Å². The molecule has 2 aromatic heterocycles. The van der Waals surface area contributed by atoms with Crippen LogP contribution in [-0.4, -0.2) is 15.0 Å². The quantitative estimate of drug-likeness (QED) is 0.185. The zero-order valence-electron chi connectivity index (χ0n) is 27.7. The van der Waals surface area contributed by atoms with E-state index in [4.69, 9.17) is 19.4 Å². The number of benzene rings is 7. The Hall–Kier alpha value is -6.65. The van der Waals surface area contributed by atoms with Gasteiger partial charge in [0.05, 0.1) is 0 Å². The summed E-state index contributed by atoms with van der Waals surface area (Å²) in [5.74, 6) is 2.19. The van der Waals surface area contributed by atoms with Crippen LogP contribution in [0.2, 0.25) is 0 Å². The first-order valence-corrected chi connectivity index (χ1v) is 17.4. The van der Waals surface area contributed by atoms with Crippen LogP contribution in [-0.2, 0) is 0 Å². The van der Waals surface area contributed by atoms with Crippen molar-refractivity contribution in [3.8, 4) is 34.2 Å². The fraction of sp³-hybridized carbons (Fsp3) is 0.0426. The summed E-state index contributed by atoms with van der Waals surface area (Å²) in [4.78, 5) is 15.2. The third kappa shape index (κ3) is 5.20. The normalized spacial score (nSPS) is 14.4. The molecule has 9 aromatic rings. The molecule has 1 unspecified atom stereocenters. The van der Waals surface area contributed by atoms with Gasteiger partial charge < -0.3 is 4.42 Å². The van der Waals surface area contributed by atoms with E-state index in [-0.39, 0.29) is 0 Å². The Balaban J connectivity index is 1.15. The van der Waals surface area contributed by atoms with Crippen molar-refractivity contribution in [1.29, 1.82) is 0 Å². The second-order valence-corrected chi connectivity index (χ2v) is 13.2. The Bertz CT molecular complexity index is 2770. The zero-order chi connectivity index (χ0) is 33.7. The van der Waals surface area contributed by atoms with Gasteiger partial charge in [-0.1, -0.05) is 146 Å². The van der Waals surface area contributed by atoms with Gasteiger partial charge in [-0.15, -0.1) is 0 Å². The van der Waals surface area contributed by atoms with Gasteiger partial charge >= 0.3 is 0 Å². The molecule has 1 aliphatic carbocycles. The van der Waals surface area contributed by atoms with E-state index in [1.165, 1.54) is 16.3 Å². The smallest absolute Gasteiger partial charge is 0.164 e. The number of hydrogen-bond donors (Lipinski definition) is 0. The lowest BCUT2D eigenvalue weighted by atomic mass is 9.86. The van der Waals surface area contributed by atoms with E-state index in [1.54, 1.807) is 0 Å². The van der Waals surface area contributed by atoms with Crippen LogP contribution in [0.25, 0.3) is 83.2 Å². The zero-order valence-corrected chi connectivity index (χ0v) is 27.7. The van der Waals surface area contributed by atoms with E-state index in [9.17, 15) is 0 Å². The molecule has 0 saturated carbocycles. The number of hydrogen-bond acceptors (Lipinski definition) is 4. The fourth-order valence-corrected chi connectivity index (χ4v) is 7.41. The molecule has 0 bridgehead atoms. The molecule has 1 aliphatic rings. The van der Waals surface area contributed by atoms with Crippen LogP contribution in [0, 0.1) is 0 Å². The molecule has 1 atom stereocenters. The molecule has 7 aromatic carbocycles. The molecule has 10 rings (SSSR count). The summed E-state index contributed by atoms with van der Waals surface area (Å²) in [6.45, 7) is 0. The number of allylic oxidation sites excluding steroid dienone is 4. The average molecular weight is 654 g/mol. The predicted molar refractivity (Wildman–Crippen MR) is 209 cm³/mol. The van der Waals surface area contributed by atoms with E-state index >= 15 is 0 Å². The van der Waals surface area contributed by atoms with Gasteiger partial charge in [-0.25, -0.2) is 15.0 Å². The van der Waals surface area contributed by atoms with Gasteiger partial charge in [-0.3, -0.25) is 0 Å². The molecule has 0 fully saturated rings. The molecule has 4 nitrogen and oxygen atoms in total. The molecule has 0 saturated heterocycles. The highest BCUT2D eigenvalue weighted by atomic mass is 16.3. The first kappa shape index (κ1) is 29.3. The van der Waals surface area contributed by atoms with E-state index in [2.05, 4.69) is 109 Å². The van der Waals surface area contributed by atoms with Gasteiger partial charge in [0.15, 0.2) is 17.5 Å². The van der Waals surface area contributed by atoms with Crippen molar-refractivity contribution in [3.05, 3.63) is 181 Å². The minimum absolute atomic E-state index is 0.312. The van der Waals surface area contributed by atoms with Crippen LogP contribution < -0.4 is 0 Å². The van der Waals surface area contributed by atoms with Crippen LogP contribution >= 0.6 is 0 Å². The Labute approximate surface area is 295 Å². The minimum Gasteiger partial charge on any atom is -0.455 e. The molecule has 0 aliphatic heterocycles. The van der Waals surface area contributed by atoms with Gasteiger partial charge in [-0.05, 0) is 63.4 Å². The van der Waals surface area contributed by atoms with Gasteiger partial charge in [0.25, 0.3) is 0 Å². The minimum atomic E-state index is 0.312. The first-order chi connectivity index (χ1) is 25.2. The Kier molecular flexibility index (Phi) is 6.91. The highest BCUT2D eigenvalue weighted by Crippen LogP contribution is 2.43. The van der Waals surface area contributed by atoms with Crippen LogP contribution in [0.4, 0.5) is 0 Å². The maximum absolute atomic E-state index is 6.85. The van der Waals surface area contributed by atoms with Gasteiger partial charge in [0.2, 0.25) is 0 Å². The van der Waals surface area contributed by atoms with Crippen molar-refractivity contribution in [3.63, 3.8) is 0 Å². The molecule has 4 heteroatoms. The van der Waals surface area contributed by atoms with Crippen molar-refractivity contribution in [2.75, 3.05) is 0 Å². The Morgan fingerprint density at radius 2 is 1.10 bits per heavy atom. The maximum atomic E-state index is 6.85. The molecule has 0 spiro atoms. The van der Waals surface area contributed by atoms with Gasteiger partial charge in [0, 0.05) is 38.9 Å². The molecule has 0 amide bonds. The fourth-order valence-electron chi connectivity index (χ4n) is 7.41. The van der Waals surface area contributed by atoms with Crippen LogP contribution in [0.15, 0.2) is 174 Å². The highest BCUT2D eigenvalue weighted by molar-refractivity contribution is 6.17. The number of fused-ring (bicyclic) bond motifs is 5. The SMILES string of the molecule is C1=CC(c2ccc3ccccc3c2)CC=C1c1ccc(-c2nc(-c3ccccc3)nc(-c3ccccc3)n2)c2c1oc1cc3ccccc3cc12. The lowest BCUT2D eigenvalue weighted by Crippen LogP contribution is -2.01. The van der Waals surface area contributed by atoms with Gasteiger partial charge in [0.1, 0.15) is 11.2 Å². The summed E-state index contributed by atoms with van der Waals surface area (Å²) in [5, 5.41) is 6.88. The molecule has 51 heavy (non-hydrogen) atoms. The summed E-state index contributed by atoms with van der Waals surface area (Å²) in [6.07, 6.45) is 7.85. The average Bonchev–Trinajstić information content (AvgIpc) is 3.58. The van der Waals surface area contributed by atoms with E-state index in [0.29, 0.717) is 23.4 Å². The highest BCUT2D eigenvalue weighted by Gasteiger charge is 2.22. The molecule has 240 valence electrons. The maximum Gasteiger partial charge on any atom is 0.164 e. The van der Waals surface area contributed by atoms with Gasteiger partial charge in [-0.2, -0.15) is 0 Å². The largest absolute Gasteiger partial charge is 0.455 e. The van der Waals surface area contributed by atoms with E-state index < -0.39 is 0 Å². The molecule has 0 N–H and O–H groups in total. The molecular weight excluding hydrogens is 623 g/mol. The summed E-state index contributed by atoms with van der Waals surface area (Å²) >= 11 is 0. The number of rotatable bonds is 5. The summed E-state index contributed by atoms with van der Waals surface area (Å²) < 4.78 is 6.85. The molecule has 0 radical (unpaired) electrons. The molecule has 2 heterocycles. The third-order valence-electron chi connectivity index (χ3n) is 10.0. The lowest BCUT2D eigenvalue weighted by molar-refractivity contribution is 0.668. The number of furan rings is 1. The lowest BCUT2D eigenvalue weighted by Gasteiger charge is -2.18. The van der Waals surface area contributed by atoms with Crippen molar-refractivity contribution >= 4 is 49.1 Å². The predicted octanol–water partition coefficient (Wildman–Crippen LogP) is 12.2. The van der Waals surface area contributed by atoms with Crippen LogP contribution in [0.3, 0.4) is 0 Å².